The molecule has 0 atom stereocenters. The molecular weight excluding hydrogens is 711 g/mol. The highest BCUT2D eigenvalue weighted by Gasteiger charge is 2.21. The molecule has 3 heteroatoms. The van der Waals surface area contributed by atoms with E-state index in [0.29, 0.717) is 0 Å². The summed E-state index contributed by atoms with van der Waals surface area (Å²) in [6.45, 7) is 0. The Bertz CT molecular complexity index is 3540. The summed E-state index contributed by atoms with van der Waals surface area (Å²) in [6, 6.07) is 72.7. The maximum Gasteiger partial charge on any atom is 0.143 e. The SMILES string of the molecule is c1cc(-c2cccc3oc4c5ccccc5ccc4c23)cc(N(c2ccc(-c3cc4ccccc4c4ccccc34)cc2)c2cccc3c2sc2ccccc23)c1. The van der Waals surface area contributed by atoms with Crippen molar-refractivity contribution in [3.05, 3.63) is 200 Å². The molecule has 0 radical (unpaired) electrons. The Kier molecular flexibility index (Phi) is 7.13. The fourth-order valence-electron chi connectivity index (χ4n) is 9.03. The molecule has 0 aliphatic heterocycles. The second kappa shape index (κ2) is 12.7. The minimum Gasteiger partial charge on any atom is -0.455 e. The first-order chi connectivity index (χ1) is 28.3. The van der Waals surface area contributed by atoms with Gasteiger partial charge in [0.1, 0.15) is 11.2 Å². The molecular formula is C54H33NOS. The molecule has 0 aliphatic rings. The maximum atomic E-state index is 6.61. The third kappa shape index (κ3) is 5.03. The van der Waals surface area contributed by atoms with Crippen LogP contribution in [0.1, 0.15) is 0 Å². The largest absolute Gasteiger partial charge is 0.455 e. The molecule has 57 heavy (non-hydrogen) atoms. The van der Waals surface area contributed by atoms with Crippen LogP contribution < -0.4 is 4.90 Å². The quantitative estimate of drug-likeness (QED) is 0.163. The van der Waals surface area contributed by atoms with Crippen molar-refractivity contribution in [2.75, 3.05) is 4.90 Å². The van der Waals surface area contributed by atoms with Crippen LogP contribution in [0.5, 0.6) is 0 Å². The molecule has 266 valence electrons. The van der Waals surface area contributed by atoms with Gasteiger partial charge in [0.2, 0.25) is 0 Å². The molecule has 0 fully saturated rings. The van der Waals surface area contributed by atoms with E-state index in [0.717, 1.165) is 55.5 Å². The monoisotopic (exact) mass is 743 g/mol. The van der Waals surface area contributed by atoms with E-state index in [1.807, 2.05) is 11.3 Å². The van der Waals surface area contributed by atoms with E-state index < -0.39 is 0 Å². The molecule has 0 unspecified atom stereocenters. The highest BCUT2D eigenvalue weighted by atomic mass is 32.1. The summed E-state index contributed by atoms with van der Waals surface area (Å²) in [6.07, 6.45) is 0. The first-order valence-electron chi connectivity index (χ1n) is 19.4. The van der Waals surface area contributed by atoms with Crippen LogP contribution in [0.4, 0.5) is 17.1 Å². The van der Waals surface area contributed by atoms with Gasteiger partial charge in [0.05, 0.1) is 10.4 Å². The van der Waals surface area contributed by atoms with Crippen LogP contribution >= 0.6 is 11.3 Å². The summed E-state index contributed by atoms with van der Waals surface area (Å²) in [4.78, 5) is 2.44. The first kappa shape index (κ1) is 32.1. The van der Waals surface area contributed by atoms with Crippen molar-refractivity contribution < 1.29 is 4.42 Å². The van der Waals surface area contributed by atoms with E-state index in [1.165, 1.54) is 58.2 Å². The van der Waals surface area contributed by atoms with Gasteiger partial charge in [-0.15, -0.1) is 11.3 Å². The molecule has 0 bridgehead atoms. The average molecular weight is 744 g/mol. The number of hydrogen-bond donors (Lipinski definition) is 0. The number of fused-ring (bicyclic) bond motifs is 11. The Morgan fingerprint density at radius 2 is 1.09 bits per heavy atom. The molecule has 0 saturated heterocycles. The molecule has 2 aromatic heterocycles. The summed E-state index contributed by atoms with van der Waals surface area (Å²) >= 11 is 1.86. The summed E-state index contributed by atoms with van der Waals surface area (Å²) in [5.74, 6) is 0. The van der Waals surface area contributed by atoms with E-state index in [9.17, 15) is 0 Å². The second-order valence-electron chi connectivity index (χ2n) is 14.8. The van der Waals surface area contributed by atoms with Gasteiger partial charge in [0.25, 0.3) is 0 Å². The molecule has 0 N–H and O–H groups in total. The van der Waals surface area contributed by atoms with Gasteiger partial charge in [0, 0.05) is 43.0 Å². The summed E-state index contributed by atoms with van der Waals surface area (Å²) < 4.78 is 9.17. The minimum absolute atomic E-state index is 0.896. The van der Waals surface area contributed by atoms with Gasteiger partial charge >= 0.3 is 0 Å². The van der Waals surface area contributed by atoms with Crippen molar-refractivity contribution in [2.45, 2.75) is 0 Å². The predicted molar refractivity (Wildman–Crippen MR) is 245 cm³/mol. The number of benzene rings is 10. The summed E-state index contributed by atoms with van der Waals surface area (Å²) in [7, 11) is 0. The molecule has 0 spiro atoms. The van der Waals surface area contributed by atoms with E-state index in [1.54, 1.807) is 0 Å². The van der Waals surface area contributed by atoms with Crippen LogP contribution in [0.3, 0.4) is 0 Å². The van der Waals surface area contributed by atoms with Gasteiger partial charge in [0.15, 0.2) is 0 Å². The van der Waals surface area contributed by atoms with Gasteiger partial charge in [-0.1, -0.05) is 146 Å². The molecule has 0 aliphatic carbocycles. The van der Waals surface area contributed by atoms with Crippen LogP contribution in [-0.2, 0) is 0 Å². The topological polar surface area (TPSA) is 16.4 Å². The van der Waals surface area contributed by atoms with Crippen LogP contribution in [0, 0.1) is 0 Å². The number of nitrogens with zero attached hydrogens (tertiary/aromatic N) is 1. The van der Waals surface area contributed by atoms with E-state index in [2.05, 4.69) is 205 Å². The zero-order valence-corrected chi connectivity index (χ0v) is 31.6. The number of anilines is 3. The van der Waals surface area contributed by atoms with Gasteiger partial charge in [-0.25, -0.2) is 0 Å². The first-order valence-corrected chi connectivity index (χ1v) is 20.2. The van der Waals surface area contributed by atoms with Crippen LogP contribution in [0.25, 0.3) is 96.7 Å². The third-order valence-corrected chi connectivity index (χ3v) is 12.8. The number of hydrogen-bond acceptors (Lipinski definition) is 3. The maximum absolute atomic E-state index is 6.61. The predicted octanol–water partition coefficient (Wildman–Crippen LogP) is 16.2. The van der Waals surface area contributed by atoms with Crippen molar-refractivity contribution in [1.82, 2.24) is 0 Å². The van der Waals surface area contributed by atoms with E-state index in [-0.39, 0.29) is 0 Å². The number of thiophene rings is 1. The molecule has 12 rings (SSSR count). The van der Waals surface area contributed by atoms with Crippen molar-refractivity contribution in [3.63, 3.8) is 0 Å². The van der Waals surface area contributed by atoms with Gasteiger partial charge < -0.3 is 9.32 Å². The van der Waals surface area contributed by atoms with E-state index >= 15 is 0 Å². The Labute approximate surface area is 333 Å². The van der Waals surface area contributed by atoms with Gasteiger partial charge in [-0.05, 0) is 104 Å². The summed E-state index contributed by atoms with van der Waals surface area (Å²) in [5, 5.41) is 12.2. The molecule has 2 nitrogen and oxygen atoms in total. The van der Waals surface area contributed by atoms with Gasteiger partial charge in [-0.2, -0.15) is 0 Å². The second-order valence-corrected chi connectivity index (χ2v) is 15.9. The van der Waals surface area contributed by atoms with Crippen LogP contribution in [-0.4, -0.2) is 0 Å². The van der Waals surface area contributed by atoms with Crippen LogP contribution in [0.15, 0.2) is 205 Å². The smallest absolute Gasteiger partial charge is 0.143 e. The zero-order valence-electron chi connectivity index (χ0n) is 30.8. The lowest BCUT2D eigenvalue weighted by Crippen LogP contribution is -2.10. The number of rotatable bonds is 5. The molecule has 12 aromatic rings. The third-order valence-electron chi connectivity index (χ3n) is 11.6. The standard InChI is InChI=1S/C54H33NOS/c1-4-17-42-34(12-1)28-31-47-52-41(21-11-24-50(52)56-53(42)47)36-14-9-15-39(32-36)55(49-23-10-22-46-45-20-7-8-25-51(45)57-54(46)49)38-29-26-35(27-30-38)48-33-37-13-2-3-16-40(37)43-18-5-6-19-44(43)48/h1-33H. The van der Waals surface area contributed by atoms with Crippen molar-refractivity contribution in [2.24, 2.45) is 0 Å². The Balaban J connectivity index is 1.05. The van der Waals surface area contributed by atoms with Crippen molar-refractivity contribution in [3.8, 4) is 22.3 Å². The van der Waals surface area contributed by atoms with E-state index in [4.69, 9.17) is 4.42 Å². The average Bonchev–Trinajstić information content (AvgIpc) is 3.86. The summed E-state index contributed by atoms with van der Waals surface area (Å²) in [5.41, 5.74) is 9.92. The fourth-order valence-corrected chi connectivity index (χ4v) is 10.2. The molecule has 0 saturated carbocycles. The lowest BCUT2D eigenvalue weighted by molar-refractivity contribution is 0.673. The fraction of sp³-hybridized carbons (Fsp3) is 0. The Hall–Kier alpha value is -7.20. The lowest BCUT2D eigenvalue weighted by atomic mass is 9.93. The molecule has 10 aromatic carbocycles. The minimum atomic E-state index is 0.896. The normalized spacial score (nSPS) is 11.9. The zero-order chi connectivity index (χ0) is 37.5. The number of furan rings is 1. The highest BCUT2D eigenvalue weighted by Crippen LogP contribution is 2.47. The molecule has 2 heterocycles. The van der Waals surface area contributed by atoms with Gasteiger partial charge in [-0.3, -0.25) is 0 Å². The highest BCUT2D eigenvalue weighted by molar-refractivity contribution is 7.26. The van der Waals surface area contributed by atoms with Crippen molar-refractivity contribution in [1.29, 1.82) is 0 Å². The van der Waals surface area contributed by atoms with Crippen molar-refractivity contribution >= 4 is 103 Å². The molecule has 0 amide bonds. The van der Waals surface area contributed by atoms with Crippen LogP contribution in [0.2, 0.25) is 0 Å². The Morgan fingerprint density at radius 1 is 0.386 bits per heavy atom. The lowest BCUT2D eigenvalue weighted by Gasteiger charge is -2.27. The Morgan fingerprint density at radius 3 is 1.96 bits per heavy atom.